The highest BCUT2D eigenvalue weighted by molar-refractivity contribution is 5.77. The molecule has 1 aromatic heterocycles. The van der Waals surface area contributed by atoms with Gasteiger partial charge in [-0.25, -0.2) is 0 Å². The third-order valence-corrected chi connectivity index (χ3v) is 2.81. The lowest BCUT2D eigenvalue weighted by Gasteiger charge is -2.11. The van der Waals surface area contributed by atoms with E-state index in [-0.39, 0.29) is 5.43 Å². The third-order valence-electron chi connectivity index (χ3n) is 2.81. The number of fused-ring (bicyclic) bond motifs is 1. The Hall–Kier alpha value is -1.68. The van der Waals surface area contributed by atoms with Gasteiger partial charge in [-0.15, -0.1) is 0 Å². The standard InChI is InChI=1S/C14H19N3O/c1-11(2)9-15-7-8-17-13-6-4-3-5-12(13)14(18)10-16-17/h3-6,10-11,15H,7-9H2,1-2H3. The van der Waals surface area contributed by atoms with Crippen LogP contribution in [-0.2, 0) is 6.54 Å². The van der Waals surface area contributed by atoms with Gasteiger partial charge in [0, 0.05) is 11.9 Å². The highest BCUT2D eigenvalue weighted by Crippen LogP contribution is 2.07. The lowest BCUT2D eigenvalue weighted by molar-refractivity contribution is 0.510. The van der Waals surface area contributed by atoms with Gasteiger partial charge in [-0.1, -0.05) is 26.0 Å². The van der Waals surface area contributed by atoms with Crippen molar-refractivity contribution in [1.82, 2.24) is 15.1 Å². The maximum Gasteiger partial charge on any atom is 0.207 e. The van der Waals surface area contributed by atoms with Crippen molar-refractivity contribution in [3.63, 3.8) is 0 Å². The highest BCUT2D eigenvalue weighted by Gasteiger charge is 2.02. The molecule has 1 N–H and O–H groups in total. The van der Waals surface area contributed by atoms with Gasteiger partial charge in [0.25, 0.3) is 0 Å². The van der Waals surface area contributed by atoms with E-state index in [1.807, 2.05) is 28.9 Å². The molecule has 0 saturated carbocycles. The zero-order chi connectivity index (χ0) is 13.0. The Morgan fingerprint density at radius 3 is 2.89 bits per heavy atom. The topological polar surface area (TPSA) is 46.9 Å². The summed E-state index contributed by atoms with van der Waals surface area (Å²) >= 11 is 0. The Bertz CT molecular complexity index is 575. The Balaban J connectivity index is 2.14. The summed E-state index contributed by atoms with van der Waals surface area (Å²) in [4.78, 5) is 11.7. The molecule has 0 saturated heterocycles. The van der Waals surface area contributed by atoms with E-state index in [2.05, 4.69) is 24.3 Å². The monoisotopic (exact) mass is 245 g/mol. The van der Waals surface area contributed by atoms with E-state index in [4.69, 9.17) is 0 Å². The van der Waals surface area contributed by atoms with Crippen molar-refractivity contribution in [2.24, 2.45) is 5.92 Å². The molecule has 0 aliphatic rings. The molecule has 0 aliphatic carbocycles. The molecule has 0 aliphatic heterocycles. The molecule has 0 unspecified atom stereocenters. The summed E-state index contributed by atoms with van der Waals surface area (Å²) in [7, 11) is 0. The van der Waals surface area contributed by atoms with E-state index < -0.39 is 0 Å². The number of benzene rings is 1. The van der Waals surface area contributed by atoms with Crippen molar-refractivity contribution in [3.8, 4) is 0 Å². The first-order valence-electron chi connectivity index (χ1n) is 6.34. The molecular weight excluding hydrogens is 226 g/mol. The van der Waals surface area contributed by atoms with Crippen molar-refractivity contribution in [2.45, 2.75) is 20.4 Å². The first-order valence-corrected chi connectivity index (χ1v) is 6.34. The van der Waals surface area contributed by atoms with E-state index in [1.54, 1.807) is 0 Å². The van der Waals surface area contributed by atoms with Crippen LogP contribution in [0.25, 0.3) is 10.9 Å². The van der Waals surface area contributed by atoms with E-state index in [1.165, 1.54) is 6.20 Å². The van der Waals surface area contributed by atoms with Gasteiger partial charge >= 0.3 is 0 Å². The van der Waals surface area contributed by atoms with Crippen molar-refractivity contribution in [3.05, 3.63) is 40.7 Å². The molecule has 0 bridgehead atoms. The average molecular weight is 245 g/mol. The van der Waals surface area contributed by atoms with E-state index in [0.717, 1.165) is 30.5 Å². The minimum Gasteiger partial charge on any atom is -0.315 e. The van der Waals surface area contributed by atoms with Gasteiger partial charge in [-0.05, 0) is 24.6 Å². The molecule has 4 nitrogen and oxygen atoms in total. The number of aromatic nitrogens is 2. The van der Waals surface area contributed by atoms with Crippen molar-refractivity contribution < 1.29 is 0 Å². The molecule has 4 heteroatoms. The number of para-hydroxylation sites is 1. The van der Waals surface area contributed by atoms with Crippen molar-refractivity contribution >= 4 is 10.9 Å². The molecule has 0 radical (unpaired) electrons. The second-order valence-electron chi connectivity index (χ2n) is 4.85. The van der Waals surface area contributed by atoms with E-state index in [9.17, 15) is 4.79 Å². The number of rotatable bonds is 5. The maximum atomic E-state index is 11.7. The normalized spacial score (nSPS) is 11.3. The summed E-state index contributed by atoms with van der Waals surface area (Å²) < 4.78 is 1.88. The van der Waals surface area contributed by atoms with Crippen LogP contribution < -0.4 is 10.7 Å². The van der Waals surface area contributed by atoms with Crippen LogP contribution in [-0.4, -0.2) is 22.9 Å². The van der Waals surface area contributed by atoms with Crippen LogP contribution in [0.2, 0.25) is 0 Å². The fraction of sp³-hybridized carbons (Fsp3) is 0.429. The SMILES string of the molecule is CC(C)CNCCn1ncc(=O)c2ccccc21. The Morgan fingerprint density at radius 1 is 1.33 bits per heavy atom. The minimum atomic E-state index is -0.0167. The Morgan fingerprint density at radius 2 is 2.11 bits per heavy atom. The van der Waals surface area contributed by atoms with Crippen molar-refractivity contribution in [2.75, 3.05) is 13.1 Å². The molecule has 2 aromatic rings. The fourth-order valence-electron chi connectivity index (χ4n) is 1.91. The Labute approximate surface area is 107 Å². The summed E-state index contributed by atoms with van der Waals surface area (Å²) in [6.45, 7) is 6.99. The fourth-order valence-corrected chi connectivity index (χ4v) is 1.91. The molecule has 1 aromatic carbocycles. The summed E-state index contributed by atoms with van der Waals surface area (Å²) in [5.41, 5.74) is 0.883. The zero-order valence-electron chi connectivity index (χ0n) is 10.9. The highest BCUT2D eigenvalue weighted by atomic mass is 16.1. The zero-order valence-corrected chi connectivity index (χ0v) is 10.9. The van der Waals surface area contributed by atoms with Crippen LogP contribution in [0.15, 0.2) is 35.3 Å². The summed E-state index contributed by atoms with van der Waals surface area (Å²) in [6.07, 6.45) is 1.39. The van der Waals surface area contributed by atoms with Gasteiger partial charge in [0.05, 0.1) is 18.3 Å². The molecule has 96 valence electrons. The predicted octanol–water partition coefficient (Wildman–Crippen LogP) is 1.64. The molecule has 0 fully saturated rings. The largest absolute Gasteiger partial charge is 0.315 e. The van der Waals surface area contributed by atoms with Crippen LogP contribution in [0.4, 0.5) is 0 Å². The van der Waals surface area contributed by atoms with Gasteiger partial charge in [-0.3, -0.25) is 9.48 Å². The Kier molecular flexibility index (Phi) is 4.10. The van der Waals surface area contributed by atoms with Gasteiger partial charge in [0.15, 0.2) is 0 Å². The van der Waals surface area contributed by atoms with Gasteiger partial charge < -0.3 is 5.32 Å². The molecule has 2 rings (SSSR count). The lowest BCUT2D eigenvalue weighted by atomic mass is 10.2. The molecule has 0 spiro atoms. The average Bonchev–Trinajstić information content (AvgIpc) is 2.37. The number of hydrogen-bond acceptors (Lipinski definition) is 3. The lowest BCUT2D eigenvalue weighted by Crippen LogP contribution is -2.25. The summed E-state index contributed by atoms with van der Waals surface area (Å²) in [5.74, 6) is 0.642. The molecule has 18 heavy (non-hydrogen) atoms. The summed E-state index contributed by atoms with van der Waals surface area (Å²) in [6, 6.07) is 7.59. The molecule has 0 amide bonds. The number of nitrogens with one attached hydrogen (secondary N) is 1. The smallest absolute Gasteiger partial charge is 0.207 e. The molecule has 1 heterocycles. The first kappa shape index (κ1) is 12.8. The minimum absolute atomic E-state index is 0.0167. The molecule has 0 atom stereocenters. The van der Waals surface area contributed by atoms with Crippen molar-refractivity contribution in [1.29, 1.82) is 0 Å². The number of nitrogens with zero attached hydrogens (tertiary/aromatic N) is 2. The van der Waals surface area contributed by atoms with Crippen LogP contribution in [0.3, 0.4) is 0 Å². The number of hydrogen-bond donors (Lipinski definition) is 1. The van der Waals surface area contributed by atoms with Crippen LogP contribution >= 0.6 is 0 Å². The van der Waals surface area contributed by atoms with Crippen LogP contribution in [0, 0.1) is 5.92 Å². The van der Waals surface area contributed by atoms with Crippen LogP contribution in [0.1, 0.15) is 13.8 Å². The quantitative estimate of drug-likeness (QED) is 0.815. The third kappa shape index (κ3) is 2.96. The second-order valence-corrected chi connectivity index (χ2v) is 4.85. The maximum absolute atomic E-state index is 11.7. The van der Waals surface area contributed by atoms with Gasteiger partial charge in [0.2, 0.25) is 5.43 Å². The van der Waals surface area contributed by atoms with Crippen LogP contribution in [0.5, 0.6) is 0 Å². The van der Waals surface area contributed by atoms with Gasteiger partial charge in [0.1, 0.15) is 0 Å². The van der Waals surface area contributed by atoms with Gasteiger partial charge in [-0.2, -0.15) is 5.10 Å². The molecular formula is C14H19N3O. The van der Waals surface area contributed by atoms with E-state index >= 15 is 0 Å². The predicted molar refractivity (Wildman–Crippen MR) is 73.7 cm³/mol. The summed E-state index contributed by atoms with van der Waals surface area (Å²) in [5, 5.41) is 8.29. The second kappa shape index (κ2) is 5.78. The first-order chi connectivity index (χ1) is 8.68. The van der Waals surface area contributed by atoms with E-state index in [0.29, 0.717) is 5.92 Å².